The highest BCUT2D eigenvalue weighted by molar-refractivity contribution is 6.31. The number of nitrogens with zero attached hydrogens (tertiary/aromatic N) is 4. The van der Waals surface area contributed by atoms with Crippen molar-refractivity contribution >= 4 is 34.7 Å². The van der Waals surface area contributed by atoms with E-state index in [1.54, 1.807) is 11.0 Å². The van der Waals surface area contributed by atoms with Gasteiger partial charge in [0.2, 0.25) is 0 Å². The second kappa shape index (κ2) is 6.26. The van der Waals surface area contributed by atoms with Gasteiger partial charge in [0.05, 0.1) is 16.9 Å². The highest BCUT2D eigenvalue weighted by Gasteiger charge is 1.98. The maximum absolute atomic E-state index is 6.03. The lowest BCUT2D eigenvalue weighted by Gasteiger charge is -2.01. The molecular formula is C19H13ClN4. The fraction of sp³-hybridized carbons (Fsp3) is 0. The summed E-state index contributed by atoms with van der Waals surface area (Å²) < 4.78 is 1.72. The van der Waals surface area contributed by atoms with Gasteiger partial charge in [-0.15, -0.1) is 0 Å². The molecule has 0 aliphatic rings. The highest BCUT2D eigenvalue weighted by atomic mass is 35.5. The number of fused-ring (bicyclic) bond motifs is 1. The fourth-order valence-electron chi connectivity index (χ4n) is 2.46. The molecule has 116 valence electrons. The zero-order valence-corrected chi connectivity index (χ0v) is 13.4. The molecule has 4 aromatic rings. The SMILES string of the molecule is Clc1ccc2ccc(C=Cc3ccc(-n4cncn4)cc3)nc2c1. The van der Waals surface area contributed by atoms with Crippen molar-refractivity contribution in [3.63, 3.8) is 0 Å². The fourth-order valence-corrected chi connectivity index (χ4v) is 2.63. The Kier molecular flexibility index (Phi) is 3.81. The Morgan fingerprint density at radius 3 is 2.54 bits per heavy atom. The summed E-state index contributed by atoms with van der Waals surface area (Å²) >= 11 is 6.03. The number of hydrogen-bond donors (Lipinski definition) is 0. The van der Waals surface area contributed by atoms with Gasteiger partial charge in [-0.3, -0.25) is 0 Å². The minimum Gasteiger partial charge on any atom is -0.248 e. The van der Waals surface area contributed by atoms with Crippen molar-refractivity contribution in [2.75, 3.05) is 0 Å². The lowest BCUT2D eigenvalue weighted by atomic mass is 10.1. The number of halogens is 1. The number of rotatable bonds is 3. The van der Waals surface area contributed by atoms with Crippen molar-refractivity contribution in [1.82, 2.24) is 19.7 Å². The summed E-state index contributed by atoms with van der Waals surface area (Å²) in [4.78, 5) is 8.56. The molecule has 0 amide bonds. The van der Waals surface area contributed by atoms with Crippen LogP contribution in [-0.4, -0.2) is 19.7 Å². The van der Waals surface area contributed by atoms with Crippen LogP contribution >= 0.6 is 11.6 Å². The quantitative estimate of drug-likeness (QED) is 0.549. The van der Waals surface area contributed by atoms with Crippen LogP contribution in [0.3, 0.4) is 0 Å². The molecule has 2 aromatic heterocycles. The first kappa shape index (κ1) is 14.6. The van der Waals surface area contributed by atoms with Gasteiger partial charge < -0.3 is 0 Å². The van der Waals surface area contributed by atoms with Crippen LogP contribution < -0.4 is 0 Å². The summed E-state index contributed by atoms with van der Waals surface area (Å²) in [7, 11) is 0. The van der Waals surface area contributed by atoms with Crippen molar-refractivity contribution < 1.29 is 0 Å². The van der Waals surface area contributed by atoms with Crippen molar-refractivity contribution in [2.24, 2.45) is 0 Å². The molecule has 2 heterocycles. The van der Waals surface area contributed by atoms with E-state index in [1.807, 2.05) is 66.7 Å². The summed E-state index contributed by atoms with van der Waals surface area (Å²) in [6.45, 7) is 0. The molecule has 0 fully saturated rings. The molecule has 0 radical (unpaired) electrons. The third kappa shape index (κ3) is 3.05. The van der Waals surface area contributed by atoms with E-state index in [4.69, 9.17) is 11.6 Å². The number of aromatic nitrogens is 4. The van der Waals surface area contributed by atoms with E-state index in [-0.39, 0.29) is 0 Å². The molecule has 5 heteroatoms. The Balaban J connectivity index is 1.58. The molecule has 0 spiro atoms. The zero-order chi connectivity index (χ0) is 16.4. The first-order valence-corrected chi connectivity index (χ1v) is 7.85. The highest BCUT2D eigenvalue weighted by Crippen LogP contribution is 2.19. The van der Waals surface area contributed by atoms with Crippen LogP contribution in [0.25, 0.3) is 28.7 Å². The number of benzene rings is 2. The van der Waals surface area contributed by atoms with Gasteiger partial charge in [-0.05, 0) is 42.0 Å². The zero-order valence-electron chi connectivity index (χ0n) is 12.7. The first-order chi connectivity index (χ1) is 11.8. The van der Waals surface area contributed by atoms with Gasteiger partial charge in [0.1, 0.15) is 12.7 Å². The molecule has 0 saturated carbocycles. The van der Waals surface area contributed by atoms with Crippen molar-refractivity contribution in [1.29, 1.82) is 0 Å². The predicted molar refractivity (Wildman–Crippen MR) is 97.0 cm³/mol. The van der Waals surface area contributed by atoms with Gasteiger partial charge in [0, 0.05) is 10.4 Å². The number of pyridine rings is 1. The molecule has 2 aromatic carbocycles. The molecule has 0 aliphatic heterocycles. The second-order valence-electron chi connectivity index (χ2n) is 5.34. The topological polar surface area (TPSA) is 43.6 Å². The summed E-state index contributed by atoms with van der Waals surface area (Å²) in [5, 5.41) is 5.88. The number of hydrogen-bond acceptors (Lipinski definition) is 3. The Labute approximate surface area is 144 Å². The molecule has 0 bridgehead atoms. The van der Waals surface area contributed by atoms with Crippen molar-refractivity contribution in [2.45, 2.75) is 0 Å². The van der Waals surface area contributed by atoms with E-state index in [0.717, 1.165) is 27.8 Å². The monoisotopic (exact) mass is 332 g/mol. The lowest BCUT2D eigenvalue weighted by molar-refractivity contribution is 0.879. The van der Waals surface area contributed by atoms with Gasteiger partial charge in [0.15, 0.2) is 0 Å². The van der Waals surface area contributed by atoms with Crippen LogP contribution in [-0.2, 0) is 0 Å². The van der Waals surface area contributed by atoms with E-state index >= 15 is 0 Å². The van der Waals surface area contributed by atoms with E-state index in [1.165, 1.54) is 6.33 Å². The Morgan fingerprint density at radius 1 is 0.917 bits per heavy atom. The lowest BCUT2D eigenvalue weighted by Crippen LogP contribution is -1.93. The Morgan fingerprint density at radius 2 is 1.75 bits per heavy atom. The summed E-state index contributed by atoms with van der Waals surface area (Å²) in [6.07, 6.45) is 7.22. The molecule has 0 unspecified atom stereocenters. The largest absolute Gasteiger partial charge is 0.248 e. The van der Waals surface area contributed by atoms with E-state index in [0.29, 0.717) is 5.02 Å². The third-order valence-corrected chi connectivity index (χ3v) is 3.93. The van der Waals surface area contributed by atoms with Crippen LogP contribution in [0.1, 0.15) is 11.3 Å². The molecule has 0 aliphatic carbocycles. The van der Waals surface area contributed by atoms with Crippen LogP contribution in [0.2, 0.25) is 5.02 Å². The Hall–Kier alpha value is -2.98. The van der Waals surface area contributed by atoms with Crippen molar-refractivity contribution in [3.05, 3.63) is 83.5 Å². The summed E-state index contributed by atoms with van der Waals surface area (Å²) in [5.41, 5.74) is 3.85. The van der Waals surface area contributed by atoms with Gasteiger partial charge in [-0.2, -0.15) is 5.10 Å². The maximum Gasteiger partial charge on any atom is 0.138 e. The van der Waals surface area contributed by atoms with Gasteiger partial charge >= 0.3 is 0 Å². The second-order valence-corrected chi connectivity index (χ2v) is 5.77. The molecule has 0 saturated heterocycles. The smallest absolute Gasteiger partial charge is 0.138 e. The average Bonchev–Trinajstić information content (AvgIpc) is 3.14. The van der Waals surface area contributed by atoms with Gasteiger partial charge in [-0.25, -0.2) is 14.6 Å². The van der Waals surface area contributed by atoms with E-state index in [2.05, 4.69) is 15.1 Å². The van der Waals surface area contributed by atoms with E-state index in [9.17, 15) is 0 Å². The van der Waals surface area contributed by atoms with Crippen LogP contribution in [0.5, 0.6) is 0 Å². The van der Waals surface area contributed by atoms with Crippen LogP contribution in [0.15, 0.2) is 67.3 Å². The minimum absolute atomic E-state index is 0.694. The molecule has 0 atom stereocenters. The molecule has 4 rings (SSSR count). The molecule has 4 nitrogen and oxygen atoms in total. The standard InChI is InChI=1S/C19H13ClN4/c20-16-6-4-15-5-8-17(23-19(15)11-16)7-1-14-2-9-18(10-3-14)24-13-21-12-22-24/h1-13H. The minimum atomic E-state index is 0.694. The molecule has 24 heavy (non-hydrogen) atoms. The van der Waals surface area contributed by atoms with Crippen molar-refractivity contribution in [3.8, 4) is 5.69 Å². The average molecular weight is 333 g/mol. The van der Waals surface area contributed by atoms with Gasteiger partial charge in [0.25, 0.3) is 0 Å². The van der Waals surface area contributed by atoms with Crippen LogP contribution in [0, 0.1) is 0 Å². The van der Waals surface area contributed by atoms with Gasteiger partial charge in [-0.1, -0.05) is 41.9 Å². The summed E-state index contributed by atoms with van der Waals surface area (Å²) in [5.74, 6) is 0. The molecule has 0 N–H and O–H groups in total. The summed E-state index contributed by atoms with van der Waals surface area (Å²) in [6, 6.07) is 17.8. The third-order valence-electron chi connectivity index (χ3n) is 3.70. The maximum atomic E-state index is 6.03. The Bertz CT molecular complexity index is 1010. The predicted octanol–water partition coefficient (Wildman–Crippen LogP) is 4.64. The normalized spacial score (nSPS) is 11.4. The first-order valence-electron chi connectivity index (χ1n) is 7.47. The molecular weight excluding hydrogens is 320 g/mol. The van der Waals surface area contributed by atoms with Crippen LogP contribution in [0.4, 0.5) is 0 Å². The van der Waals surface area contributed by atoms with E-state index < -0.39 is 0 Å².